The van der Waals surface area contributed by atoms with Gasteiger partial charge < -0.3 is 10.1 Å². The van der Waals surface area contributed by atoms with Crippen LogP contribution in [0, 0.1) is 13.8 Å². The molecule has 0 spiro atoms. The van der Waals surface area contributed by atoms with Gasteiger partial charge in [-0.1, -0.05) is 12.1 Å². The van der Waals surface area contributed by atoms with Gasteiger partial charge in [-0.3, -0.25) is 9.59 Å². The number of halogens is 3. The quantitative estimate of drug-likeness (QED) is 0.700. The first-order valence-corrected chi connectivity index (χ1v) is 8.34. The molecular formula is C20H20F3NO3. The van der Waals surface area contributed by atoms with Crippen LogP contribution in [0.5, 0.6) is 5.75 Å². The van der Waals surface area contributed by atoms with E-state index in [1.165, 1.54) is 24.3 Å². The summed E-state index contributed by atoms with van der Waals surface area (Å²) in [5, 5.41) is 2.60. The fourth-order valence-corrected chi connectivity index (χ4v) is 2.31. The number of Topliss-reactive ketones (excluding diaryl/α,β-unsaturated/α-hetero) is 1. The van der Waals surface area contributed by atoms with Crippen molar-refractivity contribution in [3.05, 3.63) is 59.2 Å². The van der Waals surface area contributed by atoms with Crippen LogP contribution in [0.3, 0.4) is 0 Å². The van der Waals surface area contributed by atoms with Crippen molar-refractivity contribution >= 4 is 17.4 Å². The van der Waals surface area contributed by atoms with Gasteiger partial charge in [-0.2, -0.15) is 13.2 Å². The van der Waals surface area contributed by atoms with Crippen molar-refractivity contribution in [1.29, 1.82) is 0 Å². The maximum absolute atomic E-state index is 12.2. The number of ketones is 1. The molecule has 27 heavy (non-hydrogen) atoms. The third kappa shape index (κ3) is 6.77. The molecule has 0 saturated heterocycles. The van der Waals surface area contributed by atoms with Crippen LogP contribution in [0.25, 0.3) is 0 Å². The Labute approximate surface area is 155 Å². The number of anilines is 1. The van der Waals surface area contributed by atoms with E-state index in [0.29, 0.717) is 11.3 Å². The minimum absolute atomic E-state index is 0.0120. The third-order valence-electron chi connectivity index (χ3n) is 3.95. The molecular weight excluding hydrogens is 359 g/mol. The van der Waals surface area contributed by atoms with Crippen LogP contribution in [-0.4, -0.2) is 24.5 Å². The number of benzene rings is 2. The summed E-state index contributed by atoms with van der Waals surface area (Å²) in [7, 11) is 0. The first-order chi connectivity index (χ1) is 12.6. The van der Waals surface area contributed by atoms with Crippen molar-refractivity contribution in [2.45, 2.75) is 32.9 Å². The minimum Gasteiger partial charge on any atom is -0.484 e. The molecule has 0 atom stereocenters. The first-order valence-electron chi connectivity index (χ1n) is 8.34. The Morgan fingerprint density at radius 1 is 0.963 bits per heavy atom. The molecule has 0 aromatic heterocycles. The predicted molar refractivity (Wildman–Crippen MR) is 96.1 cm³/mol. The van der Waals surface area contributed by atoms with Gasteiger partial charge in [-0.15, -0.1) is 0 Å². The molecule has 4 nitrogen and oxygen atoms in total. The number of hydrogen-bond acceptors (Lipinski definition) is 3. The molecule has 144 valence electrons. The van der Waals surface area contributed by atoms with E-state index < -0.39 is 12.8 Å². The summed E-state index contributed by atoms with van der Waals surface area (Å²) in [4.78, 5) is 24.1. The van der Waals surface area contributed by atoms with Crippen LogP contribution in [0.4, 0.5) is 18.9 Å². The molecule has 0 heterocycles. The average molecular weight is 379 g/mol. The summed E-state index contributed by atoms with van der Waals surface area (Å²) in [6, 6.07) is 11.0. The van der Waals surface area contributed by atoms with Gasteiger partial charge in [0.05, 0.1) is 0 Å². The summed E-state index contributed by atoms with van der Waals surface area (Å²) in [5.41, 5.74) is 3.08. The molecule has 0 unspecified atom stereocenters. The van der Waals surface area contributed by atoms with E-state index in [2.05, 4.69) is 10.1 Å². The second kappa shape index (κ2) is 8.70. The van der Waals surface area contributed by atoms with Crippen LogP contribution < -0.4 is 10.1 Å². The number of amides is 1. The Hall–Kier alpha value is -2.83. The average Bonchev–Trinajstić information content (AvgIpc) is 2.61. The Bertz CT molecular complexity index is 814. The molecule has 2 aromatic rings. The Kier molecular flexibility index (Phi) is 6.60. The van der Waals surface area contributed by atoms with Crippen LogP contribution >= 0.6 is 0 Å². The van der Waals surface area contributed by atoms with Crippen LogP contribution in [-0.2, 0) is 4.79 Å². The van der Waals surface area contributed by atoms with E-state index in [0.717, 1.165) is 11.1 Å². The van der Waals surface area contributed by atoms with E-state index in [9.17, 15) is 22.8 Å². The van der Waals surface area contributed by atoms with Crippen molar-refractivity contribution in [3.8, 4) is 5.75 Å². The highest BCUT2D eigenvalue weighted by Crippen LogP contribution is 2.20. The van der Waals surface area contributed by atoms with E-state index >= 15 is 0 Å². The monoisotopic (exact) mass is 379 g/mol. The molecule has 2 aromatic carbocycles. The fourth-order valence-electron chi connectivity index (χ4n) is 2.31. The SMILES string of the molecule is Cc1ccc(C(=O)CCC(=O)Nc2ccc(OCC(F)(F)F)cc2)cc1C. The Balaban J connectivity index is 1.83. The molecule has 0 aliphatic rings. The van der Waals surface area contributed by atoms with E-state index in [1.54, 1.807) is 12.1 Å². The lowest BCUT2D eigenvalue weighted by molar-refractivity contribution is -0.153. The smallest absolute Gasteiger partial charge is 0.422 e. The second-order valence-corrected chi connectivity index (χ2v) is 6.20. The summed E-state index contributed by atoms with van der Waals surface area (Å²) < 4.78 is 40.9. The van der Waals surface area contributed by atoms with Gasteiger partial charge in [-0.25, -0.2) is 0 Å². The first kappa shape index (κ1) is 20.5. The van der Waals surface area contributed by atoms with Crippen LogP contribution in [0.15, 0.2) is 42.5 Å². The van der Waals surface area contributed by atoms with E-state index in [1.807, 2.05) is 19.9 Å². The summed E-state index contributed by atoms with van der Waals surface area (Å²) in [6.45, 7) is 2.50. The zero-order chi connectivity index (χ0) is 20.0. The number of ether oxygens (including phenoxy) is 1. The predicted octanol–water partition coefficient (Wildman–Crippen LogP) is 4.85. The van der Waals surface area contributed by atoms with Crippen molar-refractivity contribution < 1.29 is 27.5 Å². The fraction of sp³-hybridized carbons (Fsp3) is 0.300. The number of aryl methyl sites for hydroxylation is 2. The van der Waals surface area contributed by atoms with Gasteiger partial charge >= 0.3 is 6.18 Å². The maximum atomic E-state index is 12.2. The largest absolute Gasteiger partial charge is 0.484 e. The van der Waals surface area contributed by atoms with Gasteiger partial charge in [0.15, 0.2) is 12.4 Å². The standard InChI is InChI=1S/C20H20F3NO3/c1-13-3-4-15(11-14(13)2)18(25)9-10-19(26)24-16-5-7-17(8-6-16)27-12-20(21,22)23/h3-8,11H,9-10,12H2,1-2H3,(H,24,26). The lowest BCUT2D eigenvalue weighted by Gasteiger charge is -2.10. The van der Waals surface area contributed by atoms with Gasteiger partial charge in [0.2, 0.25) is 5.91 Å². The highest BCUT2D eigenvalue weighted by molar-refractivity contribution is 6.00. The molecule has 0 radical (unpaired) electrons. The van der Waals surface area contributed by atoms with E-state index in [-0.39, 0.29) is 30.3 Å². The van der Waals surface area contributed by atoms with Crippen LogP contribution in [0.2, 0.25) is 0 Å². The molecule has 0 aliphatic heterocycles. The molecule has 0 bridgehead atoms. The number of alkyl halides is 3. The summed E-state index contributed by atoms with van der Waals surface area (Å²) in [6.07, 6.45) is -4.32. The van der Waals surface area contributed by atoms with Gasteiger partial charge in [0, 0.05) is 24.1 Å². The highest BCUT2D eigenvalue weighted by atomic mass is 19.4. The van der Waals surface area contributed by atoms with Gasteiger partial charge in [-0.05, 0) is 55.3 Å². The molecule has 1 amide bonds. The zero-order valence-corrected chi connectivity index (χ0v) is 15.0. The topological polar surface area (TPSA) is 55.4 Å². The summed E-state index contributed by atoms with van der Waals surface area (Å²) in [5.74, 6) is -0.421. The van der Waals surface area contributed by atoms with Crippen molar-refractivity contribution in [3.63, 3.8) is 0 Å². The molecule has 1 N–H and O–H groups in total. The van der Waals surface area contributed by atoms with Gasteiger partial charge in [0.25, 0.3) is 0 Å². The number of carbonyl (C=O) groups is 2. The van der Waals surface area contributed by atoms with Gasteiger partial charge in [0.1, 0.15) is 5.75 Å². The zero-order valence-electron chi connectivity index (χ0n) is 15.0. The van der Waals surface area contributed by atoms with E-state index in [4.69, 9.17) is 0 Å². The van der Waals surface area contributed by atoms with Crippen molar-refractivity contribution in [2.75, 3.05) is 11.9 Å². The molecule has 7 heteroatoms. The lowest BCUT2D eigenvalue weighted by Crippen LogP contribution is -2.19. The molecule has 0 saturated carbocycles. The minimum atomic E-state index is -4.41. The number of rotatable bonds is 7. The third-order valence-corrected chi connectivity index (χ3v) is 3.95. The Morgan fingerprint density at radius 3 is 2.22 bits per heavy atom. The molecule has 2 rings (SSSR count). The number of nitrogens with one attached hydrogen (secondary N) is 1. The number of carbonyl (C=O) groups excluding carboxylic acids is 2. The van der Waals surface area contributed by atoms with Crippen molar-refractivity contribution in [1.82, 2.24) is 0 Å². The van der Waals surface area contributed by atoms with Crippen molar-refractivity contribution in [2.24, 2.45) is 0 Å². The number of hydrogen-bond donors (Lipinski definition) is 1. The second-order valence-electron chi connectivity index (χ2n) is 6.20. The summed E-state index contributed by atoms with van der Waals surface area (Å²) >= 11 is 0. The highest BCUT2D eigenvalue weighted by Gasteiger charge is 2.28. The molecule has 0 aliphatic carbocycles. The Morgan fingerprint density at radius 2 is 1.63 bits per heavy atom. The molecule has 0 fully saturated rings. The maximum Gasteiger partial charge on any atom is 0.422 e. The van der Waals surface area contributed by atoms with Crippen LogP contribution in [0.1, 0.15) is 34.3 Å². The lowest BCUT2D eigenvalue weighted by atomic mass is 10.0. The normalized spacial score (nSPS) is 11.1.